The smallest absolute Gasteiger partial charge is 0.270 e. The van der Waals surface area contributed by atoms with E-state index in [4.69, 9.17) is 16.3 Å². The second kappa shape index (κ2) is 8.83. The number of benzene rings is 2. The first-order valence-electron chi connectivity index (χ1n) is 8.14. The molecule has 0 unspecified atom stereocenters. The zero-order valence-corrected chi connectivity index (χ0v) is 15.2. The van der Waals surface area contributed by atoms with E-state index in [1.54, 1.807) is 42.6 Å². The van der Waals surface area contributed by atoms with Gasteiger partial charge in [0, 0.05) is 23.2 Å². The van der Waals surface area contributed by atoms with Gasteiger partial charge >= 0.3 is 0 Å². The summed E-state index contributed by atoms with van der Waals surface area (Å²) in [7, 11) is 0. The molecule has 0 aliphatic carbocycles. The van der Waals surface area contributed by atoms with Gasteiger partial charge in [-0.05, 0) is 29.8 Å². The molecule has 0 aliphatic heterocycles. The zero-order chi connectivity index (χ0) is 19.9. The summed E-state index contributed by atoms with van der Waals surface area (Å²) in [5.74, 6) is 0.218. The second-order valence-electron chi connectivity index (χ2n) is 5.67. The number of nitrogens with one attached hydrogen (secondary N) is 1. The summed E-state index contributed by atoms with van der Waals surface area (Å²) in [5, 5.41) is 18.1. The van der Waals surface area contributed by atoms with Gasteiger partial charge in [-0.15, -0.1) is 0 Å². The largest absolute Gasteiger partial charge is 0.471 e. The summed E-state index contributed by atoms with van der Waals surface area (Å²) in [6.07, 6.45) is 5.89. The Morgan fingerprint density at radius 3 is 2.89 bits per heavy atom. The first kappa shape index (κ1) is 19.1. The van der Waals surface area contributed by atoms with Gasteiger partial charge in [0.1, 0.15) is 5.75 Å². The minimum atomic E-state index is -0.489. The first-order chi connectivity index (χ1) is 13.5. The van der Waals surface area contributed by atoms with E-state index in [2.05, 4.69) is 10.4 Å². The molecular weight excluding hydrogens is 384 g/mol. The van der Waals surface area contributed by atoms with Crippen LogP contribution in [0, 0.1) is 10.1 Å². The van der Waals surface area contributed by atoms with Crippen LogP contribution in [0.4, 0.5) is 11.4 Å². The van der Waals surface area contributed by atoms with Crippen LogP contribution >= 0.6 is 11.6 Å². The van der Waals surface area contributed by atoms with Gasteiger partial charge in [0.2, 0.25) is 5.91 Å². The lowest BCUT2D eigenvalue weighted by Gasteiger charge is -2.06. The number of nitro benzene ring substituents is 1. The number of ether oxygens (including phenoxy) is 1. The molecule has 1 heterocycles. The van der Waals surface area contributed by atoms with Crippen LogP contribution in [0.25, 0.3) is 6.08 Å². The number of hydrogen-bond acceptors (Lipinski definition) is 5. The van der Waals surface area contributed by atoms with Crippen LogP contribution in [0.15, 0.2) is 67.0 Å². The van der Waals surface area contributed by atoms with Gasteiger partial charge in [0.05, 0.1) is 23.0 Å². The van der Waals surface area contributed by atoms with Crippen molar-refractivity contribution in [2.24, 2.45) is 0 Å². The molecule has 2 aromatic carbocycles. The summed E-state index contributed by atoms with van der Waals surface area (Å²) < 4.78 is 7.08. The molecule has 0 aliphatic rings. The average Bonchev–Trinajstić information content (AvgIpc) is 3.12. The lowest BCUT2D eigenvalue weighted by atomic mass is 10.2. The van der Waals surface area contributed by atoms with Gasteiger partial charge in [-0.1, -0.05) is 29.8 Å². The van der Waals surface area contributed by atoms with Crippen molar-refractivity contribution in [2.75, 3.05) is 5.32 Å². The van der Waals surface area contributed by atoms with E-state index in [0.717, 1.165) is 0 Å². The van der Waals surface area contributed by atoms with Crippen molar-refractivity contribution in [3.63, 3.8) is 0 Å². The van der Waals surface area contributed by atoms with Crippen molar-refractivity contribution < 1.29 is 14.5 Å². The van der Waals surface area contributed by atoms with Crippen LogP contribution in [0.1, 0.15) is 5.56 Å². The lowest BCUT2D eigenvalue weighted by Crippen LogP contribution is -2.08. The van der Waals surface area contributed by atoms with Crippen LogP contribution in [0.3, 0.4) is 0 Å². The van der Waals surface area contributed by atoms with E-state index < -0.39 is 4.92 Å². The fraction of sp³-hybridized carbons (Fsp3) is 0.0526. The lowest BCUT2D eigenvalue weighted by molar-refractivity contribution is -0.384. The summed E-state index contributed by atoms with van der Waals surface area (Å²) in [6, 6.07) is 13.0. The van der Waals surface area contributed by atoms with Crippen LogP contribution in [-0.4, -0.2) is 20.6 Å². The number of hydrogen-bond donors (Lipinski definition) is 1. The molecule has 8 nitrogen and oxygen atoms in total. The van der Waals surface area contributed by atoms with Crippen molar-refractivity contribution >= 4 is 35.0 Å². The van der Waals surface area contributed by atoms with Gasteiger partial charge in [-0.2, -0.15) is 5.10 Å². The minimum Gasteiger partial charge on any atom is -0.471 e. The van der Waals surface area contributed by atoms with Gasteiger partial charge in [-0.25, -0.2) is 4.68 Å². The van der Waals surface area contributed by atoms with E-state index in [1.165, 1.54) is 35.2 Å². The van der Waals surface area contributed by atoms with Crippen molar-refractivity contribution in [1.82, 2.24) is 9.78 Å². The maximum Gasteiger partial charge on any atom is 0.270 e. The third-order valence-corrected chi connectivity index (χ3v) is 3.80. The molecule has 142 valence electrons. The van der Waals surface area contributed by atoms with Crippen molar-refractivity contribution in [2.45, 2.75) is 6.73 Å². The highest BCUT2D eigenvalue weighted by Gasteiger charge is 2.05. The number of nitrogens with zero attached hydrogens (tertiary/aromatic N) is 3. The second-order valence-corrected chi connectivity index (χ2v) is 6.11. The highest BCUT2D eigenvalue weighted by atomic mass is 35.5. The van der Waals surface area contributed by atoms with Crippen LogP contribution in [-0.2, 0) is 11.5 Å². The Morgan fingerprint density at radius 2 is 2.11 bits per heavy atom. The summed E-state index contributed by atoms with van der Waals surface area (Å²) in [5.41, 5.74) is 1.00. The maximum absolute atomic E-state index is 12.0. The Morgan fingerprint density at radius 1 is 1.29 bits per heavy atom. The topological polar surface area (TPSA) is 99.3 Å². The molecule has 1 N–H and O–H groups in total. The van der Waals surface area contributed by atoms with Gasteiger partial charge in [0.15, 0.2) is 6.73 Å². The number of non-ortho nitro benzene ring substituents is 1. The molecule has 0 saturated heterocycles. The Balaban J connectivity index is 1.55. The quantitative estimate of drug-likeness (QED) is 0.366. The zero-order valence-electron chi connectivity index (χ0n) is 14.5. The number of nitro groups is 1. The van der Waals surface area contributed by atoms with E-state index in [0.29, 0.717) is 22.0 Å². The highest BCUT2D eigenvalue weighted by Crippen LogP contribution is 2.18. The van der Waals surface area contributed by atoms with Gasteiger partial charge in [0.25, 0.3) is 5.69 Å². The molecule has 0 saturated carbocycles. The SMILES string of the molecule is O=C(/C=C/c1cccc([N+](=O)[O-])c1)Nc1cnn(COc2cccc(Cl)c2)c1. The summed E-state index contributed by atoms with van der Waals surface area (Å²) in [4.78, 5) is 22.3. The molecule has 0 fully saturated rings. The minimum absolute atomic E-state index is 0.0384. The average molecular weight is 399 g/mol. The van der Waals surface area contributed by atoms with Crippen LogP contribution in [0.2, 0.25) is 5.02 Å². The molecule has 1 aromatic heterocycles. The van der Waals surface area contributed by atoms with Gasteiger partial charge < -0.3 is 10.1 Å². The molecule has 28 heavy (non-hydrogen) atoms. The third-order valence-electron chi connectivity index (χ3n) is 3.57. The fourth-order valence-electron chi connectivity index (χ4n) is 2.29. The van der Waals surface area contributed by atoms with E-state index in [1.807, 2.05) is 0 Å². The van der Waals surface area contributed by atoms with Crippen molar-refractivity contribution in [3.05, 3.63) is 87.7 Å². The molecule has 0 atom stereocenters. The normalized spacial score (nSPS) is 10.8. The van der Waals surface area contributed by atoms with Crippen molar-refractivity contribution in [1.29, 1.82) is 0 Å². The maximum atomic E-state index is 12.0. The summed E-state index contributed by atoms with van der Waals surface area (Å²) in [6.45, 7) is 0.153. The number of carbonyl (C=O) groups is 1. The number of aromatic nitrogens is 2. The predicted molar refractivity (Wildman–Crippen MR) is 105 cm³/mol. The molecule has 3 rings (SSSR count). The molecule has 9 heteroatoms. The van der Waals surface area contributed by atoms with Gasteiger partial charge in [-0.3, -0.25) is 14.9 Å². The Bertz CT molecular complexity index is 1030. The molecule has 0 bridgehead atoms. The Hall–Kier alpha value is -3.65. The molecule has 0 spiro atoms. The number of halogens is 1. The van der Waals surface area contributed by atoms with Crippen molar-refractivity contribution in [3.8, 4) is 5.75 Å². The molecule has 3 aromatic rings. The fourth-order valence-corrected chi connectivity index (χ4v) is 2.47. The monoisotopic (exact) mass is 398 g/mol. The molecule has 1 amide bonds. The number of amides is 1. The summed E-state index contributed by atoms with van der Waals surface area (Å²) >= 11 is 5.90. The van der Waals surface area contributed by atoms with E-state index in [-0.39, 0.29) is 18.3 Å². The Kier molecular flexibility index (Phi) is 6.03. The first-order valence-corrected chi connectivity index (χ1v) is 8.52. The van der Waals surface area contributed by atoms with E-state index in [9.17, 15) is 14.9 Å². The Labute approximate surface area is 165 Å². The number of rotatable bonds is 7. The number of carbonyl (C=O) groups excluding carboxylic acids is 1. The van der Waals surface area contributed by atoms with Crippen LogP contribution in [0.5, 0.6) is 5.75 Å². The van der Waals surface area contributed by atoms with Crippen LogP contribution < -0.4 is 10.1 Å². The van der Waals surface area contributed by atoms with E-state index >= 15 is 0 Å². The highest BCUT2D eigenvalue weighted by molar-refractivity contribution is 6.30. The predicted octanol–water partition coefficient (Wildman–Crippen LogP) is 4.13. The molecular formula is C19H15ClN4O4. The number of anilines is 1. The third kappa shape index (κ3) is 5.42. The molecule has 0 radical (unpaired) electrons. The standard InChI is InChI=1S/C19H15ClN4O4/c20-15-4-2-6-18(10-15)28-13-23-12-16(11-21-23)22-19(25)8-7-14-3-1-5-17(9-14)24(26)27/h1-12H,13H2,(H,22,25)/b8-7+.